The van der Waals surface area contributed by atoms with Crippen LogP contribution < -0.4 is 5.32 Å². The minimum Gasteiger partial charge on any atom is -0.377 e. The van der Waals surface area contributed by atoms with E-state index in [-0.39, 0.29) is 5.91 Å². The molecule has 1 amide bonds. The molecule has 1 N–H and O–H groups in total. The minimum atomic E-state index is 0.187. The van der Waals surface area contributed by atoms with Crippen LogP contribution in [0.1, 0.15) is 44.1 Å². The topological polar surface area (TPSA) is 56.2 Å². The van der Waals surface area contributed by atoms with E-state index in [4.69, 9.17) is 4.74 Å². The fourth-order valence-corrected chi connectivity index (χ4v) is 4.98. The summed E-state index contributed by atoms with van der Waals surface area (Å²) in [5.74, 6) is 2.07. The van der Waals surface area contributed by atoms with E-state index >= 15 is 0 Å². The van der Waals surface area contributed by atoms with Crippen LogP contribution in [0.5, 0.6) is 0 Å². The molecule has 23 heavy (non-hydrogen) atoms. The van der Waals surface area contributed by atoms with Gasteiger partial charge in [0, 0.05) is 44.1 Å². The Kier molecular flexibility index (Phi) is 4.14. The molecule has 1 aliphatic heterocycles. The molecule has 126 valence electrons. The van der Waals surface area contributed by atoms with Crippen LogP contribution in [0.2, 0.25) is 0 Å². The molecule has 2 aliphatic carbocycles. The average molecular weight is 317 g/mol. The quantitative estimate of drug-likeness (QED) is 0.904. The van der Waals surface area contributed by atoms with Gasteiger partial charge in [0.1, 0.15) is 0 Å². The fourth-order valence-electron chi connectivity index (χ4n) is 4.98. The second-order valence-corrected chi connectivity index (χ2v) is 7.53. The Hall–Kier alpha value is -1.36. The van der Waals surface area contributed by atoms with E-state index in [9.17, 15) is 4.79 Å². The molecule has 3 aliphatic rings. The maximum absolute atomic E-state index is 12.4. The monoisotopic (exact) mass is 317 g/mol. The molecule has 5 nitrogen and oxygen atoms in total. The summed E-state index contributed by atoms with van der Waals surface area (Å²) >= 11 is 0. The molecular formula is C18H27N3O2. The standard InChI is InChI=1S/C18H27N3O2/c1-21-11-12(10-19-21)6-7-15(22)20-17-14-8-9-23-18(14)16(17)13-4-2-3-5-13/h10-11,13-14,16-18H,2-9H2,1H3,(H,20,22)/t14-,16+,17+,18-/m0/s1. The summed E-state index contributed by atoms with van der Waals surface area (Å²) in [6.07, 6.45) is 12.0. The number of ether oxygens (including phenoxy) is 1. The number of aromatic nitrogens is 2. The van der Waals surface area contributed by atoms with Crippen LogP contribution in [0.3, 0.4) is 0 Å². The molecule has 1 aromatic heterocycles. The van der Waals surface area contributed by atoms with Crippen LogP contribution in [-0.4, -0.2) is 34.4 Å². The van der Waals surface area contributed by atoms with Crippen molar-refractivity contribution in [3.05, 3.63) is 18.0 Å². The molecule has 0 aromatic carbocycles. The zero-order valence-electron chi connectivity index (χ0n) is 13.9. The van der Waals surface area contributed by atoms with Crippen molar-refractivity contribution in [2.75, 3.05) is 6.61 Å². The Morgan fingerprint density at radius 1 is 1.39 bits per heavy atom. The molecule has 1 aromatic rings. The Bertz CT molecular complexity index is 560. The number of aryl methyl sites for hydroxylation is 2. The van der Waals surface area contributed by atoms with Gasteiger partial charge in [-0.25, -0.2) is 0 Å². The molecule has 4 rings (SSSR count). The summed E-state index contributed by atoms with van der Waals surface area (Å²) in [5, 5.41) is 7.50. The van der Waals surface area contributed by atoms with Crippen LogP contribution in [0.15, 0.2) is 12.4 Å². The first-order chi connectivity index (χ1) is 11.2. The smallest absolute Gasteiger partial charge is 0.220 e. The lowest BCUT2D eigenvalue weighted by atomic mass is 9.61. The maximum Gasteiger partial charge on any atom is 0.220 e. The first kappa shape index (κ1) is 15.2. The van der Waals surface area contributed by atoms with Crippen molar-refractivity contribution >= 4 is 5.91 Å². The van der Waals surface area contributed by atoms with E-state index in [0.29, 0.717) is 30.4 Å². The van der Waals surface area contributed by atoms with E-state index in [1.807, 2.05) is 19.4 Å². The molecular weight excluding hydrogens is 290 g/mol. The highest BCUT2D eigenvalue weighted by molar-refractivity contribution is 5.76. The lowest BCUT2D eigenvalue weighted by Crippen LogP contribution is -2.63. The van der Waals surface area contributed by atoms with Crippen molar-refractivity contribution in [3.63, 3.8) is 0 Å². The third kappa shape index (κ3) is 2.91. The summed E-state index contributed by atoms with van der Waals surface area (Å²) in [7, 11) is 1.91. The molecule has 3 fully saturated rings. The van der Waals surface area contributed by atoms with Gasteiger partial charge in [0.25, 0.3) is 0 Å². The molecule has 0 radical (unpaired) electrons. The number of nitrogens with one attached hydrogen (secondary N) is 1. The lowest BCUT2D eigenvalue weighted by Gasteiger charge is -2.50. The third-order valence-electron chi connectivity index (χ3n) is 6.11. The van der Waals surface area contributed by atoms with E-state index in [0.717, 1.165) is 30.9 Å². The molecule has 0 unspecified atom stereocenters. The number of carbonyl (C=O) groups excluding carboxylic acids is 1. The minimum absolute atomic E-state index is 0.187. The lowest BCUT2D eigenvalue weighted by molar-refractivity contribution is -0.129. The van der Waals surface area contributed by atoms with Gasteiger partial charge in [-0.15, -0.1) is 0 Å². The zero-order chi connectivity index (χ0) is 15.8. The molecule has 4 atom stereocenters. The zero-order valence-corrected chi connectivity index (χ0v) is 13.9. The van der Waals surface area contributed by atoms with Crippen LogP contribution in [0, 0.1) is 17.8 Å². The predicted octanol–water partition coefficient (Wildman–Crippen LogP) is 2.06. The number of carbonyl (C=O) groups is 1. The van der Waals surface area contributed by atoms with Gasteiger partial charge in [-0.3, -0.25) is 9.48 Å². The fraction of sp³-hybridized carbons (Fsp3) is 0.778. The highest BCUT2D eigenvalue weighted by atomic mass is 16.5. The molecule has 2 saturated carbocycles. The number of rotatable bonds is 5. The summed E-state index contributed by atoms with van der Waals surface area (Å²) < 4.78 is 7.75. The van der Waals surface area contributed by atoms with Gasteiger partial charge < -0.3 is 10.1 Å². The van der Waals surface area contributed by atoms with Gasteiger partial charge >= 0.3 is 0 Å². The van der Waals surface area contributed by atoms with Crippen molar-refractivity contribution in [3.8, 4) is 0 Å². The first-order valence-corrected chi connectivity index (χ1v) is 9.11. The van der Waals surface area contributed by atoms with E-state index in [2.05, 4.69) is 10.4 Å². The summed E-state index contributed by atoms with van der Waals surface area (Å²) in [5.41, 5.74) is 1.13. The third-order valence-corrected chi connectivity index (χ3v) is 6.11. The Morgan fingerprint density at radius 3 is 2.96 bits per heavy atom. The Morgan fingerprint density at radius 2 is 2.22 bits per heavy atom. The number of nitrogens with zero attached hydrogens (tertiary/aromatic N) is 2. The largest absolute Gasteiger partial charge is 0.377 e. The van der Waals surface area contributed by atoms with Gasteiger partial charge in [-0.2, -0.15) is 5.10 Å². The van der Waals surface area contributed by atoms with Crippen molar-refractivity contribution in [1.82, 2.24) is 15.1 Å². The number of amides is 1. The highest BCUT2D eigenvalue weighted by Gasteiger charge is 2.56. The van der Waals surface area contributed by atoms with Gasteiger partial charge in [-0.1, -0.05) is 25.7 Å². The number of fused-ring (bicyclic) bond motifs is 1. The van der Waals surface area contributed by atoms with Crippen molar-refractivity contribution in [1.29, 1.82) is 0 Å². The Labute approximate surface area is 137 Å². The van der Waals surface area contributed by atoms with Crippen LogP contribution in [0.4, 0.5) is 0 Å². The molecule has 2 heterocycles. The second kappa shape index (κ2) is 6.27. The van der Waals surface area contributed by atoms with Gasteiger partial charge in [0.15, 0.2) is 0 Å². The summed E-state index contributed by atoms with van der Waals surface area (Å²) in [4.78, 5) is 12.4. The average Bonchev–Trinajstić information content (AvgIpc) is 3.25. The van der Waals surface area contributed by atoms with Crippen LogP contribution in [0.25, 0.3) is 0 Å². The normalized spacial score (nSPS) is 33.4. The second-order valence-electron chi connectivity index (χ2n) is 7.53. The van der Waals surface area contributed by atoms with Crippen LogP contribution >= 0.6 is 0 Å². The SMILES string of the molecule is Cn1cc(CCC(=O)N[C@@H]2[C@@H]3CCO[C@@H]3[C@@H]2C2CCCC2)cn1. The molecule has 0 spiro atoms. The van der Waals surface area contributed by atoms with E-state index in [1.165, 1.54) is 25.7 Å². The molecule has 5 heteroatoms. The van der Waals surface area contributed by atoms with Crippen molar-refractivity contribution in [2.24, 2.45) is 24.8 Å². The summed E-state index contributed by atoms with van der Waals surface area (Å²) in [6, 6.07) is 0.354. The van der Waals surface area contributed by atoms with E-state index in [1.54, 1.807) is 4.68 Å². The van der Waals surface area contributed by atoms with Crippen LogP contribution in [-0.2, 0) is 23.0 Å². The van der Waals surface area contributed by atoms with Crippen molar-refractivity contribution < 1.29 is 9.53 Å². The summed E-state index contributed by atoms with van der Waals surface area (Å²) in [6.45, 7) is 0.876. The molecule has 1 saturated heterocycles. The van der Waals surface area contributed by atoms with Gasteiger partial charge in [0.05, 0.1) is 12.3 Å². The van der Waals surface area contributed by atoms with Gasteiger partial charge in [0.2, 0.25) is 5.91 Å². The highest BCUT2D eigenvalue weighted by Crippen LogP contribution is 2.51. The molecule has 0 bridgehead atoms. The maximum atomic E-state index is 12.4. The van der Waals surface area contributed by atoms with Crippen molar-refractivity contribution in [2.45, 2.75) is 57.1 Å². The number of hydrogen-bond donors (Lipinski definition) is 1. The number of hydrogen-bond acceptors (Lipinski definition) is 3. The Balaban J connectivity index is 1.33. The first-order valence-electron chi connectivity index (χ1n) is 9.11. The van der Waals surface area contributed by atoms with Gasteiger partial charge in [-0.05, 0) is 24.3 Å². The van der Waals surface area contributed by atoms with E-state index < -0.39 is 0 Å². The predicted molar refractivity (Wildman–Crippen MR) is 86.8 cm³/mol.